The maximum atomic E-state index is 11.5. The van der Waals surface area contributed by atoms with Crippen molar-refractivity contribution in [3.05, 3.63) is 45.6 Å². The Morgan fingerprint density at radius 1 is 1.52 bits per heavy atom. The standard InChI is InChI=1S/C13H10Cl2N4O2/c1-7-5-10(8-3-2-4-9(14)11(8)15)19(13(20)21)12(18-7)17-6-16/h2-5,10H,1H3,(H,17,18)(H,20,21). The summed E-state index contributed by atoms with van der Waals surface area (Å²) in [6, 6.07) is 4.24. The number of allylic oxidation sites excluding steroid dienone is 1. The number of guanidine groups is 1. The molecule has 0 fully saturated rings. The Hall–Kier alpha value is -2.23. The topological polar surface area (TPSA) is 88.7 Å². The molecule has 0 aliphatic carbocycles. The number of hydrogen-bond acceptors (Lipinski definition) is 4. The summed E-state index contributed by atoms with van der Waals surface area (Å²) in [6.07, 6.45) is 2.04. The van der Waals surface area contributed by atoms with Gasteiger partial charge in [-0.15, -0.1) is 0 Å². The van der Waals surface area contributed by atoms with E-state index in [1.54, 1.807) is 37.4 Å². The first-order valence-corrected chi connectivity index (χ1v) is 6.59. The summed E-state index contributed by atoms with van der Waals surface area (Å²) in [4.78, 5) is 16.5. The van der Waals surface area contributed by atoms with Crippen LogP contribution in [0.25, 0.3) is 0 Å². The van der Waals surface area contributed by atoms with Crippen LogP contribution in [0.2, 0.25) is 10.0 Å². The molecule has 1 unspecified atom stereocenters. The molecule has 1 amide bonds. The Morgan fingerprint density at radius 3 is 2.86 bits per heavy atom. The van der Waals surface area contributed by atoms with Gasteiger partial charge in [0.1, 0.15) is 0 Å². The van der Waals surface area contributed by atoms with Gasteiger partial charge in [0.2, 0.25) is 5.96 Å². The van der Waals surface area contributed by atoms with E-state index in [1.807, 2.05) is 0 Å². The molecule has 1 heterocycles. The molecule has 8 heteroatoms. The van der Waals surface area contributed by atoms with E-state index in [2.05, 4.69) is 10.3 Å². The highest BCUT2D eigenvalue weighted by atomic mass is 35.5. The molecular weight excluding hydrogens is 315 g/mol. The predicted octanol–water partition coefficient (Wildman–Crippen LogP) is 3.36. The lowest BCUT2D eigenvalue weighted by atomic mass is 10.0. The van der Waals surface area contributed by atoms with Gasteiger partial charge in [0, 0.05) is 5.70 Å². The van der Waals surface area contributed by atoms with Crippen LogP contribution in [0, 0.1) is 11.5 Å². The fourth-order valence-electron chi connectivity index (χ4n) is 2.02. The van der Waals surface area contributed by atoms with Crippen molar-refractivity contribution in [1.82, 2.24) is 10.2 Å². The number of rotatable bonds is 1. The van der Waals surface area contributed by atoms with Gasteiger partial charge >= 0.3 is 6.09 Å². The van der Waals surface area contributed by atoms with E-state index in [0.717, 1.165) is 4.90 Å². The van der Waals surface area contributed by atoms with Crippen LogP contribution in [0.3, 0.4) is 0 Å². The van der Waals surface area contributed by atoms with Crippen LogP contribution in [-0.2, 0) is 0 Å². The largest absolute Gasteiger partial charge is 0.465 e. The summed E-state index contributed by atoms with van der Waals surface area (Å²) < 4.78 is 0. The first-order chi connectivity index (χ1) is 9.95. The van der Waals surface area contributed by atoms with Crippen molar-refractivity contribution in [2.24, 2.45) is 4.99 Å². The van der Waals surface area contributed by atoms with Crippen molar-refractivity contribution in [3.63, 3.8) is 0 Å². The van der Waals surface area contributed by atoms with E-state index < -0.39 is 12.1 Å². The van der Waals surface area contributed by atoms with E-state index in [-0.39, 0.29) is 11.0 Å². The Bertz CT molecular complexity index is 694. The zero-order valence-electron chi connectivity index (χ0n) is 10.8. The number of carbonyl (C=O) groups is 1. The number of benzene rings is 1. The average Bonchev–Trinajstić information content (AvgIpc) is 2.41. The predicted molar refractivity (Wildman–Crippen MR) is 79.0 cm³/mol. The van der Waals surface area contributed by atoms with Crippen molar-refractivity contribution >= 4 is 35.3 Å². The second-order valence-corrected chi connectivity index (χ2v) is 5.01. The number of hydrogen-bond donors (Lipinski definition) is 2. The Kier molecular flexibility index (Phi) is 4.36. The van der Waals surface area contributed by atoms with Crippen LogP contribution in [0.15, 0.2) is 35.0 Å². The minimum absolute atomic E-state index is 0.0777. The third-order valence-electron chi connectivity index (χ3n) is 2.86. The van der Waals surface area contributed by atoms with Gasteiger partial charge in [0.05, 0.1) is 16.1 Å². The molecule has 1 aliphatic heterocycles. The molecule has 0 spiro atoms. The average molecular weight is 325 g/mol. The van der Waals surface area contributed by atoms with Crippen LogP contribution in [0.1, 0.15) is 18.5 Å². The summed E-state index contributed by atoms with van der Waals surface area (Å²) in [7, 11) is 0. The minimum atomic E-state index is -1.26. The molecule has 0 bridgehead atoms. The van der Waals surface area contributed by atoms with Crippen LogP contribution in [0.5, 0.6) is 0 Å². The molecule has 0 saturated heterocycles. The fraction of sp³-hybridized carbons (Fsp3) is 0.154. The molecule has 2 N–H and O–H groups in total. The SMILES string of the molecule is CC1=CC(c2cccc(Cl)c2Cl)N(C(=O)O)C(NC#N)=N1. The van der Waals surface area contributed by atoms with Crippen LogP contribution >= 0.6 is 23.2 Å². The van der Waals surface area contributed by atoms with E-state index >= 15 is 0 Å². The van der Waals surface area contributed by atoms with Gasteiger partial charge in [0.15, 0.2) is 6.19 Å². The normalized spacial score (nSPS) is 17.6. The molecule has 0 radical (unpaired) electrons. The lowest BCUT2D eigenvalue weighted by molar-refractivity contribution is 0.160. The van der Waals surface area contributed by atoms with Crippen molar-refractivity contribution in [2.75, 3.05) is 0 Å². The van der Waals surface area contributed by atoms with Crippen LogP contribution < -0.4 is 5.32 Å². The summed E-state index contributed by atoms with van der Waals surface area (Å²) in [6.45, 7) is 1.70. The number of nitriles is 1. The minimum Gasteiger partial charge on any atom is -0.465 e. The molecule has 1 aromatic carbocycles. The Morgan fingerprint density at radius 2 is 2.24 bits per heavy atom. The molecule has 21 heavy (non-hydrogen) atoms. The van der Waals surface area contributed by atoms with Crippen molar-refractivity contribution in [2.45, 2.75) is 13.0 Å². The fourth-order valence-corrected chi connectivity index (χ4v) is 2.44. The highest BCUT2D eigenvalue weighted by molar-refractivity contribution is 6.42. The molecule has 1 aliphatic rings. The van der Waals surface area contributed by atoms with Gasteiger partial charge in [-0.1, -0.05) is 35.3 Å². The molecule has 0 saturated carbocycles. The van der Waals surface area contributed by atoms with Crippen LogP contribution in [-0.4, -0.2) is 22.1 Å². The maximum Gasteiger partial charge on any atom is 0.415 e. The summed E-state index contributed by atoms with van der Waals surface area (Å²) in [5.74, 6) is -0.0777. The van der Waals surface area contributed by atoms with Crippen LogP contribution in [0.4, 0.5) is 4.79 Å². The smallest absolute Gasteiger partial charge is 0.415 e. The summed E-state index contributed by atoms with van der Waals surface area (Å²) in [5.41, 5.74) is 1.07. The zero-order valence-corrected chi connectivity index (χ0v) is 12.4. The molecule has 108 valence electrons. The van der Waals surface area contributed by atoms with Crippen molar-refractivity contribution in [1.29, 1.82) is 5.26 Å². The van der Waals surface area contributed by atoms with E-state index in [1.165, 1.54) is 0 Å². The van der Waals surface area contributed by atoms with E-state index in [9.17, 15) is 9.90 Å². The number of aliphatic imine (C=N–C) groups is 1. The first-order valence-electron chi connectivity index (χ1n) is 5.84. The number of nitrogens with one attached hydrogen (secondary N) is 1. The number of carboxylic acid groups (broad SMARTS) is 1. The highest BCUT2D eigenvalue weighted by Crippen LogP contribution is 2.35. The molecule has 0 aromatic heterocycles. The van der Waals surface area contributed by atoms with Gasteiger partial charge in [0.25, 0.3) is 0 Å². The van der Waals surface area contributed by atoms with Gasteiger partial charge < -0.3 is 5.11 Å². The van der Waals surface area contributed by atoms with E-state index in [0.29, 0.717) is 16.3 Å². The Balaban J connectivity index is 2.56. The van der Waals surface area contributed by atoms with Gasteiger partial charge in [-0.2, -0.15) is 5.26 Å². The maximum absolute atomic E-state index is 11.5. The second kappa shape index (κ2) is 6.04. The number of nitrogens with zero attached hydrogens (tertiary/aromatic N) is 3. The van der Waals surface area contributed by atoms with E-state index in [4.69, 9.17) is 28.5 Å². The summed E-state index contributed by atoms with van der Waals surface area (Å²) in [5, 5.41) is 21.0. The number of halogens is 2. The van der Waals surface area contributed by atoms with Gasteiger partial charge in [-0.25, -0.2) is 14.7 Å². The molecule has 1 aromatic rings. The second-order valence-electron chi connectivity index (χ2n) is 4.22. The first kappa shape index (κ1) is 15.2. The quantitative estimate of drug-likeness (QED) is 0.612. The number of amides is 1. The summed E-state index contributed by atoms with van der Waals surface area (Å²) >= 11 is 12.1. The van der Waals surface area contributed by atoms with Gasteiger partial charge in [-0.3, -0.25) is 5.32 Å². The molecule has 6 nitrogen and oxygen atoms in total. The van der Waals surface area contributed by atoms with Gasteiger partial charge in [-0.05, 0) is 24.6 Å². The lowest BCUT2D eigenvalue weighted by Gasteiger charge is -2.31. The highest BCUT2D eigenvalue weighted by Gasteiger charge is 2.32. The molecular formula is C13H10Cl2N4O2. The lowest BCUT2D eigenvalue weighted by Crippen LogP contribution is -2.46. The monoisotopic (exact) mass is 324 g/mol. The zero-order chi connectivity index (χ0) is 15.6. The molecule has 2 rings (SSSR count). The third kappa shape index (κ3) is 2.94. The molecule has 1 atom stereocenters. The van der Waals surface area contributed by atoms with Crippen molar-refractivity contribution in [3.8, 4) is 6.19 Å². The van der Waals surface area contributed by atoms with Crippen molar-refractivity contribution < 1.29 is 9.90 Å². The Labute approximate surface area is 130 Å². The third-order valence-corrected chi connectivity index (χ3v) is 3.70.